The Morgan fingerprint density at radius 1 is 1.36 bits per heavy atom. The summed E-state index contributed by atoms with van der Waals surface area (Å²) in [4.78, 5) is 10.9. The Labute approximate surface area is 85.6 Å². The maximum Gasteiger partial charge on any atom is 0.406 e. The molecule has 14 heavy (non-hydrogen) atoms. The van der Waals surface area contributed by atoms with Crippen molar-refractivity contribution in [2.24, 2.45) is 5.41 Å². The summed E-state index contributed by atoms with van der Waals surface area (Å²) in [7, 11) is 3.33. The van der Waals surface area contributed by atoms with Crippen LogP contribution in [0.5, 0.6) is 0 Å². The molecular weight excluding hydrogens is 182 g/mol. The molecular formula is C9H21N3O2. The van der Waals surface area contributed by atoms with E-state index in [1.807, 2.05) is 0 Å². The Bertz CT molecular complexity index is 177. The van der Waals surface area contributed by atoms with Crippen LogP contribution in [0, 0.1) is 5.41 Å². The molecule has 0 unspecified atom stereocenters. The smallest absolute Gasteiger partial charge is 0.406 e. The first-order valence-electron chi connectivity index (χ1n) is 4.68. The zero-order valence-corrected chi connectivity index (χ0v) is 9.60. The van der Waals surface area contributed by atoms with Crippen LogP contribution in [0.15, 0.2) is 0 Å². The van der Waals surface area contributed by atoms with Gasteiger partial charge < -0.3 is 10.1 Å². The number of carbonyl (C=O) groups excluding carboxylic acids is 1. The molecule has 0 saturated heterocycles. The fourth-order valence-electron chi connectivity index (χ4n) is 0.914. The molecule has 0 aromatic heterocycles. The second-order valence-corrected chi connectivity index (χ2v) is 4.16. The van der Waals surface area contributed by atoms with Gasteiger partial charge in [0.25, 0.3) is 0 Å². The van der Waals surface area contributed by atoms with Gasteiger partial charge in [0.05, 0.1) is 6.04 Å². The summed E-state index contributed by atoms with van der Waals surface area (Å²) in [5.74, 6) is 0. The number of carbonyl (C=O) groups is 1. The Balaban J connectivity index is 4.04. The Morgan fingerprint density at radius 2 is 1.93 bits per heavy atom. The van der Waals surface area contributed by atoms with Gasteiger partial charge in [-0.05, 0) is 12.5 Å². The van der Waals surface area contributed by atoms with Gasteiger partial charge in [-0.3, -0.25) is 10.9 Å². The van der Waals surface area contributed by atoms with Crippen LogP contribution in [-0.4, -0.2) is 32.8 Å². The molecule has 0 aromatic carbocycles. The molecule has 0 aliphatic carbocycles. The maximum atomic E-state index is 10.9. The first-order chi connectivity index (χ1) is 6.41. The molecule has 0 spiro atoms. The van der Waals surface area contributed by atoms with Gasteiger partial charge in [0, 0.05) is 7.05 Å². The first-order valence-corrected chi connectivity index (χ1v) is 4.68. The number of hydrogen-bond donors (Lipinski definition) is 3. The van der Waals surface area contributed by atoms with Crippen molar-refractivity contribution in [3.8, 4) is 0 Å². The molecule has 3 N–H and O–H groups in total. The van der Waals surface area contributed by atoms with Crippen LogP contribution in [0.1, 0.15) is 20.8 Å². The third kappa shape index (κ3) is 5.04. The number of rotatable bonds is 4. The quantitative estimate of drug-likeness (QED) is 0.582. The molecule has 5 nitrogen and oxygen atoms in total. The van der Waals surface area contributed by atoms with Gasteiger partial charge in [-0.1, -0.05) is 20.8 Å². The van der Waals surface area contributed by atoms with Gasteiger partial charge in [0.1, 0.15) is 6.61 Å². The number of alkyl carbamates (subject to hydrolysis) is 1. The van der Waals surface area contributed by atoms with Crippen LogP contribution in [0.3, 0.4) is 0 Å². The van der Waals surface area contributed by atoms with Crippen LogP contribution in [0.4, 0.5) is 4.79 Å². The highest BCUT2D eigenvalue weighted by Crippen LogP contribution is 2.18. The fourth-order valence-corrected chi connectivity index (χ4v) is 0.914. The standard InChI is InChI=1S/C9H21N3O2/c1-9(2,3)7(12-11-5)6-14-8(13)10-4/h7,11-12H,6H2,1-5H3,(H,10,13)/t7-/m1/s1. The van der Waals surface area contributed by atoms with E-state index in [-0.39, 0.29) is 11.5 Å². The minimum Gasteiger partial charge on any atom is -0.448 e. The van der Waals surface area contributed by atoms with Gasteiger partial charge in [-0.2, -0.15) is 0 Å². The van der Waals surface area contributed by atoms with E-state index in [2.05, 4.69) is 36.9 Å². The van der Waals surface area contributed by atoms with Gasteiger partial charge in [-0.25, -0.2) is 4.79 Å². The van der Waals surface area contributed by atoms with Crippen molar-refractivity contribution in [2.75, 3.05) is 20.7 Å². The van der Waals surface area contributed by atoms with E-state index in [4.69, 9.17) is 4.74 Å². The normalized spacial score (nSPS) is 13.5. The number of hydrazine groups is 1. The lowest BCUT2D eigenvalue weighted by atomic mass is 9.88. The van der Waals surface area contributed by atoms with Gasteiger partial charge >= 0.3 is 6.09 Å². The predicted molar refractivity (Wildman–Crippen MR) is 55.8 cm³/mol. The van der Waals surface area contributed by atoms with E-state index < -0.39 is 6.09 Å². The molecule has 1 atom stereocenters. The second kappa shape index (κ2) is 5.82. The van der Waals surface area contributed by atoms with Crippen molar-refractivity contribution in [1.29, 1.82) is 0 Å². The van der Waals surface area contributed by atoms with Gasteiger partial charge in [-0.15, -0.1) is 0 Å². The summed E-state index contributed by atoms with van der Waals surface area (Å²) in [6.07, 6.45) is -0.405. The molecule has 0 radical (unpaired) electrons. The van der Waals surface area contributed by atoms with Crippen LogP contribution >= 0.6 is 0 Å². The molecule has 0 heterocycles. The summed E-state index contributed by atoms with van der Waals surface area (Å²) in [6, 6.07) is 0.0739. The summed E-state index contributed by atoms with van der Waals surface area (Å²) >= 11 is 0. The topological polar surface area (TPSA) is 62.4 Å². The third-order valence-corrected chi connectivity index (χ3v) is 1.95. The molecule has 0 aliphatic heterocycles. The third-order valence-electron chi connectivity index (χ3n) is 1.95. The molecule has 0 bridgehead atoms. The molecule has 0 rings (SSSR count). The maximum absolute atomic E-state index is 10.9. The van der Waals surface area contributed by atoms with Crippen molar-refractivity contribution in [3.05, 3.63) is 0 Å². The van der Waals surface area contributed by atoms with Crippen molar-refractivity contribution in [3.63, 3.8) is 0 Å². The Morgan fingerprint density at radius 3 is 2.29 bits per heavy atom. The molecule has 0 aliphatic rings. The number of ether oxygens (including phenoxy) is 1. The number of nitrogens with one attached hydrogen (secondary N) is 3. The second-order valence-electron chi connectivity index (χ2n) is 4.16. The molecule has 0 fully saturated rings. The lowest BCUT2D eigenvalue weighted by molar-refractivity contribution is 0.103. The summed E-state index contributed by atoms with van der Waals surface area (Å²) in [5.41, 5.74) is 5.93. The summed E-state index contributed by atoms with van der Waals surface area (Å²) in [6.45, 7) is 6.57. The number of amides is 1. The van der Waals surface area contributed by atoms with E-state index in [1.165, 1.54) is 0 Å². The summed E-state index contributed by atoms with van der Waals surface area (Å²) in [5, 5.41) is 2.40. The van der Waals surface area contributed by atoms with Crippen molar-refractivity contribution < 1.29 is 9.53 Å². The molecule has 5 heteroatoms. The van der Waals surface area contributed by atoms with E-state index in [0.717, 1.165) is 0 Å². The lowest BCUT2D eigenvalue weighted by Crippen LogP contribution is -2.49. The van der Waals surface area contributed by atoms with Crippen LogP contribution < -0.4 is 16.2 Å². The van der Waals surface area contributed by atoms with E-state index in [9.17, 15) is 4.79 Å². The van der Waals surface area contributed by atoms with E-state index >= 15 is 0 Å². The minimum absolute atomic E-state index is 0.0248. The zero-order chi connectivity index (χ0) is 11.2. The predicted octanol–water partition coefficient (Wildman–Crippen LogP) is 0.481. The largest absolute Gasteiger partial charge is 0.448 e. The van der Waals surface area contributed by atoms with Crippen molar-refractivity contribution in [2.45, 2.75) is 26.8 Å². The Hall–Kier alpha value is -0.810. The van der Waals surface area contributed by atoms with Crippen LogP contribution in [-0.2, 0) is 4.74 Å². The van der Waals surface area contributed by atoms with Crippen molar-refractivity contribution >= 4 is 6.09 Å². The van der Waals surface area contributed by atoms with Crippen LogP contribution in [0.2, 0.25) is 0 Å². The van der Waals surface area contributed by atoms with Crippen molar-refractivity contribution in [1.82, 2.24) is 16.2 Å². The molecule has 0 saturated carbocycles. The minimum atomic E-state index is -0.405. The average Bonchev–Trinajstić information content (AvgIpc) is 2.09. The molecule has 84 valence electrons. The number of hydrogen-bond acceptors (Lipinski definition) is 4. The highest BCUT2D eigenvalue weighted by Gasteiger charge is 2.25. The lowest BCUT2D eigenvalue weighted by Gasteiger charge is -2.30. The van der Waals surface area contributed by atoms with Gasteiger partial charge in [0.15, 0.2) is 0 Å². The molecule has 1 amide bonds. The average molecular weight is 203 g/mol. The monoisotopic (exact) mass is 203 g/mol. The van der Waals surface area contributed by atoms with E-state index in [0.29, 0.717) is 6.61 Å². The first kappa shape index (κ1) is 13.2. The Kier molecular flexibility index (Phi) is 5.49. The highest BCUT2D eigenvalue weighted by molar-refractivity contribution is 5.66. The van der Waals surface area contributed by atoms with E-state index in [1.54, 1.807) is 14.1 Å². The van der Waals surface area contributed by atoms with Gasteiger partial charge in [0.2, 0.25) is 0 Å². The molecule has 0 aromatic rings. The SMILES string of the molecule is CNN[C@H](COC(=O)NC)C(C)(C)C. The summed E-state index contributed by atoms with van der Waals surface area (Å²) < 4.78 is 4.98. The fraction of sp³-hybridized carbons (Fsp3) is 0.889. The highest BCUT2D eigenvalue weighted by atomic mass is 16.5. The zero-order valence-electron chi connectivity index (χ0n) is 9.60. The van der Waals surface area contributed by atoms with Crippen LogP contribution in [0.25, 0.3) is 0 Å².